The van der Waals surface area contributed by atoms with E-state index in [1.54, 1.807) is 31.0 Å². The molecule has 0 unspecified atom stereocenters. The average molecular weight is 285 g/mol. The molecule has 0 N–H and O–H groups in total. The molecule has 21 heavy (non-hydrogen) atoms. The summed E-state index contributed by atoms with van der Waals surface area (Å²) in [7, 11) is 1.78. The number of amides is 1. The molecule has 0 atom stereocenters. The van der Waals surface area contributed by atoms with Crippen LogP contribution in [-0.2, 0) is 6.42 Å². The number of rotatable bonds is 5. The topological polar surface area (TPSA) is 20.3 Å². The van der Waals surface area contributed by atoms with Crippen LogP contribution in [0.5, 0.6) is 0 Å². The number of halogens is 1. The first-order valence-electron chi connectivity index (χ1n) is 7.13. The molecule has 0 aliphatic heterocycles. The Morgan fingerprint density at radius 3 is 2.52 bits per heavy atom. The molecule has 1 amide bonds. The molecule has 2 rings (SSSR count). The van der Waals surface area contributed by atoms with E-state index in [0.717, 1.165) is 12.8 Å². The van der Waals surface area contributed by atoms with Gasteiger partial charge in [-0.1, -0.05) is 30.3 Å². The minimum absolute atomic E-state index is 0.0637. The van der Waals surface area contributed by atoms with Crippen molar-refractivity contribution >= 4 is 5.91 Å². The minimum atomic E-state index is -0.279. The number of hydrogen-bond acceptors (Lipinski definition) is 1. The molecule has 0 heterocycles. The lowest BCUT2D eigenvalue weighted by Crippen LogP contribution is -2.28. The summed E-state index contributed by atoms with van der Waals surface area (Å²) in [6.07, 6.45) is 1.85. The third-order valence-corrected chi connectivity index (χ3v) is 3.55. The van der Waals surface area contributed by atoms with Gasteiger partial charge in [0.25, 0.3) is 5.91 Å². The highest BCUT2D eigenvalue weighted by molar-refractivity contribution is 5.94. The van der Waals surface area contributed by atoms with E-state index in [9.17, 15) is 9.18 Å². The summed E-state index contributed by atoms with van der Waals surface area (Å²) in [6, 6.07) is 14.7. The summed E-state index contributed by atoms with van der Waals surface area (Å²) in [5.41, 5.74) is 2.31. The molecule has 0 aliphatic rings. The Kier molecular flexibility index (Phi) is 5.09. The van der Waals surface area contributed by atoms with E-state index >= 15 is 0 Å². The van der Waals surface area contributed by atoms with Gasteiger partial charge in [-0.2, -0.15) is 0 Å². The van der Waals surface area contributed by atoms with E-state index in [0.29, 0.717) is 17.7 Å². The number of hydrogen-bond donors (Lipinski definition) is 0. The predicted octanol–water partition coefficient (Wildman–Crippen LogP) is 3.84. The Hall–Kier alpha value is -2.16. The molecular formula is C18H20FNO. The number of aryl methyl sites for hydroxylation is 2. The first-order chi connectivity index (χ1) is 10.1. The van der Waals surface area contributed by atoms with Crippen LogP contribution >= 0.6 is 0 Å². The number of carbonyl (C=O) groups excluding carboxylic acids is 1. The van der Waals surface area contributed by atoms with Crippen LogP contribution in [0.1, 0.15) is 27.9 Å². The Balaban J connectivity index is 1.89. The van der Waals surface area contributed by atoms with Crippen LogP contribution in [0.2, 0.25) is 0 Å². The van der Waals surface area contributed by atoms with E-state index in [-0.39, 0.29) is 11.7 Å². The smallest absolute Gasteiger partial charge is 0.253 e. The fourth-order valence-electron chi connectivity index (χ4n) is 2.26. The van der Waals surface area contributed by atoms with E-state index in [2.05, 4.69) is 12.1 Å². The molecule has 0 saturated carbocycles. The Labute approximate surface area is 125 Å². The summed E-state index contributed by atoms with van der Waals surface area (Å²) in [6.45, 7) is 2.35. The van der Waals surface area contributed by atoms with Gasteiger partial charge in [0, 0.05) is 19.2 Å². The van der Waals surface area contributed by atoms with Crippen molar-refractivity contribution in [2.45, 2.75) is 19.8 Å². The second kappa shape index (κ2) is 7.02. The highest BCUT2D eigenvalue weighted by atomic mass is 19.1. The van der Waals surface area contributed by atoms with Gasteiger partial charge >= 0.3 is 0 Å². The molecule has 0 spiro atoms. The molecule has 2 nitrogen and oxygen atoms in total. The number of benzene rings is 2. The van der Waals surface area contributed by atoms with Crippen molar-refractivity contribution < 1.29 is 9.18 Å². The van der Waals surface area contributed by atoms with Crippen LogP contribution in [0.15, 0.2) is 48.5 Å². The lowest BCUT2D eigenvalue weighted by molar-refractivity contribution is 0.0793. The Bertz CT molecular complexity index is 610. The zero-order valence-corrected chi connectivity index (χ0v) is 12.5. The lowest BCUT2D eigenvalue weighted by atomic mass is 10.1. The molecule has 0 saturated heterocycles. The zero-order valence-electron chi connectivity index (χ0n) is 12.5. The van der Waals surface area contributed by atoms with Crippen LogP contribution < -0.4 is 0 Å². The van der Waals surface area contributed by atoms with Gasteiger partial charge in [0.15, 0.2) is 0 Å². The highest BCUT2D eigenvalue weighted by Gasteiger charge is 2.12. The number of carbonyl (C=O) groups is 1. The Morgan fingerprint density at radius 2 is 1.86 bits per heavy atom. The van der Waals surface area contributed by atoms with Crippen LogP contribution in [-0.4, -0.2) is 24.4 Å². The third kappa shape index (κ3) is 4.15. The Morgan fingerprint density at radius 1 is 1.14 bits per heavy atom. The van der Waals surface area contributed by atoms with E-state index in [4.69, 9.17) is 0 Å². The summed E-state index contributed by atoms with van der Waals surface area (Å²) in [5.74, 6) is -0.343. The average Bonchev–Trinajstić information content (AvgIpc) is 2.50. The highest BCUT2D eigenvalue weighted by Crippen LogP contribution is 2.11. The SMILES string of the molecule is Cc1cc(C(=O)N(C)CCCc2ccccc2)ccc1F. The van der Waals surface area contributed by atoms with Gasteiger partial charge in [-0.25, -0.2) is 4.39 Å². The molecule has 0 fully saturated rings. The molecule has 2 aromatic carbocycles. The quantitative estimate of drug-likeness (QED) is 0.817. The van der Waals surface area contributed by atoms with Gasteiger partial charge in [-0.15, -0.1) is 0 Å². The van der Waals surface area contributed by atoms with Crippen LogP contribution in [0.25, 0.3) is 0 Å². The van der Waals surface area contributed by atoms with Crippen molar-refractivity contribution in [3.8, 4) is 0 Å². The fraction of sp³-hybridized carbons (Fsp3) is 0.278. The minimum Gasteiger partial charge on any atom is -0.342 e. The van der Waals surface area contributed by atoms with Crippen LogP contribution in [0.3, 0.4) is 0 Å². The molecule has 110 valence electrons. The van der Waals surface area contributed by atoms with Crippen molar-refractivity contribution in [2.24, 2.45) is 0 Å². The van der Waals surface area contributed by atoms with Gasteiger partial charge in [-0.05, 0) is 49.1 Å². The van der Waals surface area contributed by atoms with Crippen LogP contribution in [0, 0.1) is 12.7 Å². The first kappa shape index (κ1) is 15.2. The maximum atomic E-state index is 13.2. The van der Waals surface area contributed by atoms with Crippen molar-refractivity contribution in [1.29, 1.82) is 0 Å². The summed E-state index contributed by atoms with van der Waals surface area (Å²) in [5, 5.41) is 0. The second-order valence-electron chi connectivity index (χ2n) is 5.28. The fourth-order valence-corrected chi connectivity index (χ4v) is 2.26. The molecule has 2 aromatic rings. The molecule has 0 bridgehead atoms. The van der Waals surface area contributed by atoms with Crippen molar-refractivity contribution in [3.63, 3.8) is 0 Å². The summed E-state index contributed by atoms with van der Waals surface area (Å²) in [4.78, 5) is 13.9. The van der Waals surface area contributed by atoms with Gasteiger partial charge < -0.3 is 4.90 Å². The van der Waals surface area contributed by atoms with Crippen molar-refractivity contribution in [3.05, 3.63) is 71.0 Å². The first-order valence-corrected chi connectivity index (χ1v) is 7.13. The molecule has 3 heteroatoms. The zero-order chi connectivity index (χ0) is 15.2. The monoisotopic (exact) mass is 285 g/mol. The standard InChI is InChI=1S/C18H20FNO/c1-14-13-16(10-11-17(14)19)18(21)20(2)12-6-9-15-7-4-3-5-8-15/h3-5,7-8,10-11,13H,6,9,12H2,1-2H3. The molecule has 0 aromatic heterocycles. The second-order valence-corrected chi connectivity index (χ2v) is 5.28. The van der Waals surface area contributed by atoms with Crippen LogP contribution in [0.4, 0.5) is 4.39 Å². The maximum absolute atomic E-state index is 13.2. The van der Waals surface area contributed by atoms with Gasteiger partial charge in [-0.3, -0.25) is 4.79 Å². The lowest BCUT2D eigenvalue weighted by Gasteiger charge is -2.17. The van der Waals surface area contributed by atoms with E-state index in [1.165, 1.54) is 11.6 Å². The largest absolute Gasteiger partial charge is 0.342 e. The van der Waals surface area contributed by atoms with E-state index in [1.807, 2.05) is 18.2 Å². The molecule has 0 radical (unpaired) electrons. The van der Waals surface area contributed by atoms with E-state index < -0.39 is 0 Å². The normalized spacial score (nSPS) is 10.4. The summed E-state index contributed by atoms with van der Waals surface area (Å²) >= 11 is 0. The molecular weight excluding hydrogens is 265 g/mol. The molecule has 0 aliphatic carbocycles. The van der Waals surface area contributed by atoms with Crippen molar-refractivity contribution in [1.82, 2.24) is 4.90 Å². The number of nitrogens with zero attached hydrogens (tertiary/aromatic N) is 1. The maximum Gasteiger partial charge on any atom is 0.253 e. The van der Waals surface area contributed by atoms with Gasteiger partial charge in [0.05, 0.1) is 0 Å². The van der Waals surface area contributed by atoms with Gasteiger partial charge in [0.1, 0.15) is 5.82 Å². The third-order valence-electron chi connectivity index (χ3n) is 3.55. The predicted molar refractivity (Wildman–Crippen MR) is 82.9 cm³/mol. The summed E-state index contributed by atoms with van der Waals surface area (Å²) < 4.78 is 13.2. The van der Waals surface area contributed by atoms with Crippen molar-refractivity contribution in [2.75, 3.05) is 13.6 Å². The van der Waals surface area contributed by atoms with Gasteiger partial charge in [0.2, 0.25) is 0 Å².